The van der Waals surface area contributed by atoms with Crippen LogP contribution in [0.15, 0.2) is 24.3 Å². The lowest BCUT2D eigenvalue weighted by atomic mass is 9.51. The highest BCUT2D eigenvalue weighted by molar-refractivity contribution is 6.97. The SMILES string of the molecule is BBc1cccc(CNC2CC2)c1. The number of rotatable bonds is 4. The van der Waals surface area contributed by atoms with Gasteiger partial charge in [0.15, 0.2) is 0 Å². The van der Waals surface area contributed by atoms with E-state index < -0.39 is 0 Å². The third kappa shape index (κ3) is 2.63. The monoisotopic (exact) mass is 171 g/mol. The molecule has 13 heavy (non-hydrogen) atoms. The Kier molecular flexibility index (Phi) is 2.74. The van der Waals surface area contributed by atoms with Gasteiger partial charge in [-0.15, -0.1) is 0 Å². The van der Waals surface area contributed by atoms with Crippen LogP contribution in [-0.2, 0) is 6.54 Å². The fourth-order valence-electron chi connectivity index (χ4n) is 1.51. The molecule has 0 spiro atoms. The Morgan fingerprint density at radius 3 is 3.00 bits per heavy atom. The predicted molar refractivity (Wildman–Crippen MR) is 61.6 cm³/mol. The van der Waals surface area contributed by atoms with Crippen LogP contribution in [-0.4, -0.2) is 20.9 Å². The van der Waals surface area contributed by atoms with Gasteiger partial charge >= 0.3 is 0 Å². The summed E-state index contributed by atoms with van der Waals surface area (Å²) in [6, 6.07) is 9.66. The zero-order valence-corrected chi connectivity index (χ0v) is 8.22. The zero-order valence-electron chi connectivity index (χ0n) is 8.22. The standard InChI is InChI=1S/C10H15B2N/c11-12-9-3-1-2-8(6-9)7-13-10-4-5-10/h1-3,6,10,12-13H,4-5,7,11H2. The van der Waals surface area contributed by atoms with E-state index in [4.69, 9.17) is 0 Å². The summed E-state index contributed by atoms with van der Waals surface area (Å²) in [5.41, 5.74) is 2.86. The van der Waals surface area contributed by atoms with Crippen LogP contribution in [0.25, 0.3) is 0 Å². The first-order valence-electron chi connectivity index (χ1n) is 5.19. The van der Waals surface area contributed by atoms with Gasteiger partial charge in [0, 0.05) is 12.6 Å². The lowest BCUT2D eigenvalue weighted by molar-refractivity contribution is 0.688. The van der Waals surface area contributed by atoms with Crippen molar-refractivity contribution in [1.29, 1.82) is 0 Å². The summed E-state index contributed by atoms with van der Waals surface area (Å²) >= 11 is 0. The molecule has 0 aromatic heterocycles. The summed E-state index contributed by atoms with van der Waals surface area (Å²) in [4.78, 5) is 0. The van der Waals surface area contributed by atoms with Gasteiger partial charge in [-0.1, -0.05) is 29.7 Å². The minimum atomic E-state index is 0.810. The van der Waals surface area contributed by atoms with Gasteiger partial charge in [-0.25, -0.2) is 0 Å². The predicted octanol–water partition coefficient (Wildman–Crippen LogP) is -0.452. The van der Waals surface area contributed by atoms with E-state index in [-0.39, 0.29) is 0 Å². The third-order valence-corrected chi connectivity index (χ3v) is 2.57. The molecule has 66 valence electrons. The Hall–Kier alpha value is -0.690. The van der Waals surface area contributed by atoms with Crippen LogP contribution in [0, 0.1) is 0 Å². The average molecular weight is 171 g/mol. The maximum Gasteiger partial charge on any atom is 0.118 e. The molecule has 1 aliphatic rings. The molecule has 0 amide bonds. The largest absolute Gasteiger partial charge is 0.310 e. The molecule has 1 nitrogen and oxygen atoms in total. The Morgan fingerprint density at radius 2 is 2.31 bits per heavy atom. The summed E-state index contributed by atoms with van der Waals surface area (Å²) in [6.07, 6.45) is 2.74. The molecular weight excluding hydrogens is 156 g/mol. The second-order valence-electron chi connectivity index (χ2n) is 3.83. The molecule has 0 saturated heterocycles. The highest BCUT2D eigenvalue weighted by Crippen LogP contribution is 2.18. The normalized spacial score (nSPS) is 15.7. The third-order valence-electron chi connectivity index (χ3n) is 2.57. The number of nitrogens with one attached hydrogen (secondary N) is 1. The summed E-state index contributed by atoms with van der Waals surface area (Å²) < 4.78 is 0. The van der Waals surface area contributed by atoms with E-state index in [0.717, 1.165) is 19.8 Å². The van der Waals surface area contributed by atoms with Gasteiger partial charge in [-0.3, -0.25) is 0 Å². The van der Waals surface area contributed by atoms with E-state index in [0.29, 0.717) is 0 Å². The maximum absolute atomic E-state index is 3.52. The molecule has 0 aliphatic heterocycles. The number of benzene rings is 1. The minimum Gasteiger partial charge on any atom is -0.310 e. The molecule has 0 atom stereocenters. The fourth-order valence-corrected chi connectivity index (χ4v) is 1.51. The van der Waals surface area contributed by atoms with Crippen molar-refractivity contribution in [2.75, 3.05) is 0 Å². The van der Waals surface area contributed by atoms with Crippen LogP contribution in [0.3, 0.4) is 0 Å². The summed E-state index contributed by atoms with van der Waals surface area (Å²) in [6.45, 7) is 1.04. The Morgan fingerprint density at radius 1 is 1.46 bits per heavy atom. The Labute approximate surface area is 81.6 Å². The van der Waals surface area contributed by atoms with Gasteiger partial charge in [0.2, 0.25) is 0 Å². The molecule has 0 unspecified atom stereocenters. The van der Waals surface area contributed by atoms with Gasteiger partial charge in [0.05, 0.1) is 7.74 Å². The van der Waals surface area contributed by atoms with Crippen molar-refractivity contribution in [2.45, 2.75) is 25.4 Å². The van der Waals surface area contributed by atoms with E-state index in [9.17, 15) is 0 Å². The maximum atomic E-state index is 3.52. The fraction of sp³-hybridized carbons (Fsp3) is 0.400. The molecule has 1 aliphatic carbocycles. The van der Waals surface area contributed by atoms with Crippen LogP contribution in [0.1, 0.15) is 18.4 Å². The van der Waals surface area contributed by atoms with Crippen LogP contribution in [0.4, 0.5) is 0 Å². The molecule has 0 heterocycles. The number of hydrogen-bond donors (Lipinski definition) is 1. The highest BCUT2D eigenvalue weighted by atomic mass is 14.9. The van der Waals surface area contributed by atoms with Crippen LogP contribution in [0.5, 0.6) is 0 Å². The lowest BCUT2D eigenvalue weighted by Crippen LogP contribution is -2.19. The van der Waals surface area contributed by atoms with Gasteiger partial charge < -0.3 is 5.32 Å². The lowest BCUT2D eigenvalue weighted by Gasteiger charge is -2.04. The van der Waals surface area contributed by atoms with Crippen molar-refractivity contribution >= 4 is 20.4 Å². The van der Waals surface area contributed by atoms with Crippen molar-refractivity contribution in [2.24, 2.45) is 0 Å². The summed E-state index contributed by atoms with van der Waals surface area (Å²) in [5.74, 6) is 0. The Bertz CT molecular complexity index is 284. The van der Waals surface area contributed by atoms with Crippen molar-refractivity contribution in [3.8, 4) is 0 Å². The zero-order chi connectivity index (χ0) is 9.10. The minimum absolute atomic E-state index is 0.810. The van der Waals surface area contributed by atoms with Crippen LogP contribution < -0.4 is 10.8 Å². The topological polar surface area (TPSA) is 12.0 Å². The molecule has 1 saturated carbocycles. The van der Waals surface area contributed by atoms with Gasteiger partial charge in [0.25, 0.3) is 0 Å². The molecular formula is C10H15B2N. The quantitative estimate of drug-likeness (QED) is 0.604. The van der Waals surface area contributed by atoms with Crippen molar-refractivity contribution < 1.29 is 0 Å². The summed E-state index contributed by atoms with van der Waals surface area (Å²) in [7, 11) is 3.34. The summed E-state index contributed by atoms with van der Waals surface area (Å²) in [5, 5.41) is 3.52. The van der Waals surface area contributed by atoms with E-state index >= 15 is 0 Å². The van der Waals surface area contributed by atoms with Crippen LogP contribution in [0.2, 0.25) is 0 Å². The van der Waals surface area contributed by atoms with Crippen molar-refractivity contribution in [3.63, 3.8) is 0 Å². The van der Waals surface area contributed by atoms with Gasteiger partial charge in [-0.2, -0.15) is 0 Å². The smallest absolute Gasteiger partial charge is 0.118 e. The van der Waals surface area contributed by atoms with Crippen molar-refractivity contribution in [1.82, 2.24) is 5.32 Å². The second-order valence-corrected chi connectivity index (χ2v) is 3.83. The molecule has 0 radical (unpaired) electrons. The van der Waals surface area contributed by atoms with Crippen LogP contribution >= 0.6 is 0 Å². The van der Waals surface area contributed by atoms with Gasteiger partial charge in [0.1, 0.15) is 7.17 Å². The first-order chi connectivity index (χ1) is 6.38. The molecule has 0 bridgehead atoms. The molecule has 1 N–H and O–H groups in total. The van der Waals surface area contributed by atoms with E-state index in [1.165, 1.54) is 23.9 Å². The van der Waals surface area contributed by atoms with E-state index in [1.54, 1.807) is 0 Å². The first kappa shape index (κ1) is 8.89. The van der Waals surface area contributed by atoms with E-state index in [1.807, 2.05) is 0 Å². The van der Waals surface area contributed by atoms with Crippen molar-refractivity contribution in [3.05, 3.63) is 29.8 Å². The highest BCUT2D eigenvalue weighted by Gasteiger charge is 2.19. The average Bonchev–Trinajstić information content (AvgIpc) is 2.99. The second kappa shape index (κ2) is 4.01. The molecule has 2 rings (SSSR count). The van der Waals surface area contributed by atoms with Gasteiger partial charge in [-0.05, 0) is 18.4 Å². The molecule has 1 fully saturated rings. The molecule has 1 aromatic rings. The molecule has 1 aromatic carbocycles. The first-order valence-corrected chi connectivity index (χ1v) is 5.19. The molecule has 3 heteroatoms. The number of hydrogen-bond acceptors (Lipinski definition) is 1. The Balaban J connectivity index is 1.93. The van der Waals surface area contributed by atoms with E-state index in [2.05, 4.69) is 37.3 Å².